The van der Waals surface area contributed by atoms with Crippen LogP contribution in [-0.2, 0) is 19.1 Å². The van der Waals surface area contributed by atoms with E-state index in [-0.39, 0.29) is 30.2 Å². The SMILES string of the molecule is CC(C)(C)OC(=O)N[C@@H](CCC(=O)C[C@H]1C[C@@H](n2cnc3c(Cl)ncnc32)[C@@H](O)[C@H]1O)C(=O)OC(C)(C)C. The van der Waals surface area contributed by atoms with E-state index in [1.54, 1.807) is 46.1 Å². The molecule has 3 rings (SSSR count). The molecule has 0 unspecified atom stereocenters. The van der Waals surface area contributed by atoms with Crippen molar-refractivity contribution in [2.45, 2.75) is 103 Å². The fraction of sp³-hybridized carbons (Fsp3) is 0.680. The average Bonchev–Trinajstić information content (AvgIpc) is 3.31. The normalized spacial score (nSPS) is 22.8. The summed E-state index contributed by atoms with van der Waals surface area (Å²) in [6.07, 6.45) is -0.129. The molecule has 1 aliphatic rings. The molecule has 5 atom stereocenters. The number of imidazole rings is 1. The molecule has 12 nitrogen and oxygen atoms in total. The monoisotopic (exact) mass is 553 g/mol. The number of Topliss-reactive ketones (excluding diaryl/α,β-unsaturated/α-hetero) is 1. The van der Waals surface area contributed by atoms with Crippen molar-refractivity contribution in [3.63, 3.8) is 0 Å². The molecule has 2 aromatic heterocycles. The van der Waals surface area contributed by atoms with Crippen LogP contribution in [0.3, 0.4) is 0 Å². The van der Waals surface area contributed by atoms with Crippen LogP contribution in [0.2, 0.25) is 5.15 Å². The number of esters is 1. The average molecular weight is 554 g/mol. The predicted octanol–water partition coefficient (Wildman–Crippen LogP) is 2.74. The molecule has 0 saturated heterocycles. The van der Waals surface area contributed by atoms with Gasteiger partial charge in [-0.2, -0.15) is 0 Å². The minimum Gasteiger partial charge on any atom is -0.458 e. The lowest BCUT2D eigenvalue weighted by Gasteiger charge is -2.26. The molecule has 0 aliphatic heterocycles. The minimum absolute atomic E-state index is 0.0106. The molecule has 1 amide bonds. The minimum atomic E-state index is -1.15. The third-order valence-corrected chi connectivity index (χ3v) is 6.30. The lowest BCUT2D eigenvalue weighted by atomic mass is 9.95. The Morgan fingerprint density at radius 3 is 2.37 bits per heavy atom. The molecule has 1 aliphatic carbocycles. The van der Waals surface area contributed by atoms with Crippen molar-refractivity contribution in [3.05, 3.63) is 17.8 Å². The zero-order chi connectivity index (χ0) is 28.4. The number of ketones is 1. The van der Waals surface area contributed by atoms with Gasteiger partial charge >= 0.3 is 12.1 Å². The van der Waals surface area contributed by atoms with Gasteiger partial charge in [-0.3, -0.25) is 4.79 Å². The number of amides is 1. The van der Waals surface area contributed by atoms with Gasteiger partial charge in [0.2, 0.25) is 0 Å². The number of aliphatic hydroxyl groups excluding tert-OH is 2. The van der Waals surface area contributed by atoms with E-state index in [4.69, 9.17) is 21.1 Å². The molecule has 0 bridgehead atoms. The maximum Gasteiger partial charge on any atom is 0.408 e. The summed E-state index contributed by atoms with van der Waals surface area (Å²) in [6.45, 7) is 10.2. The third kappa shape index (κ3) is 7.61. The highest BCUT2D eigenvalue weighted by molar-refractivity contribution is 6.33. The van der Waals surface area contributed by atoms with E-state index < -0.39 is 53.5 Å². The molecule has 0 spiro atoms. The maximum atomic E-state index is 12.9. The Kier molecular flexibility index (Phi) is 9.00. The number of aliphatic hydroxyl groups is 2. The number of nitrogens with one attached hydrogen (secondary N) is 1. The lowest BCUT2D eigenvalue weighted by Crippen LogP contribution is -2.46. The molecular weight excluding hydrogens is 518 g/mol. The largest absolute Gasteiger partial charge is 0.458 e. The number of carbonyl (C=O) groups is 3. The van der Waals surface area contributed by atoms with Crippen molar-refractivity contribution < 1.29 is 34.1 Å². The zero-order valence-corrected chi connectivity index (χ0v) is 23.2. The van der Waals surface area contributed by atoms with Crippen LogP contribution in [0.5, 0.6) is 0 Å². The first kappa shape index (κ1) is 29.7. The van der Waals surface area contributed by atoms with Gasteiger partial charge in [-0.25, -0.2) is 24.5 Å². The summed E-state index contributed by atoms with van der Waals surface area (Å²) in [5.74, 6) is -1.45. The van der Waals surface area contributed by atoms with E-state index in [1.165, 1.54) is 12.7 Å². The van der Waals surface area contributed by atoms with Crippen molar-refractivity contribution in [2.24, 2.45) is 5.92 Å². The number of aromatic nitrogens is 4. The van der Waals surface area contributed by atoms with Crippen molar-refractivity contribution in [1.82, 2.24) is 24.8 Å². The van der Waals surface area contributed by atoms with Crippen LogP contribution in [-0.4, -0.2) is 77.0 Å². The van der Waals surface area contributed by atoms with Crippen molar-refractivity contribution in [1.29, 1.82) is 0 Å². The first-order valence-corrected chi connectivity index (χ1v) is 12.9. The number of rotatable bonds is 8. The van der Waals surface area contributed by atoms with Crippen LogP contribution in [0, 0.1) is 5.92 Å². The van der Waals surface area contributed by atoms with Crippen LogP contribution in [0.25, 0.3) is 11.2 Å². The van der Waals surface area contributed by atoms with Crippen LogP contribution < -0.4 is 5.32 Å². The second kappa shape index (κ2) is 11.5. The number of carbonyl (C=O) groups excluding carboxylic acids is 3. The maximum absolute atomic E-state index is 12.9. The Balaban J connectivity index is 1.64. The molecule has 2 heterocycles. The fourth-order valence-corrected chi connectivity index (χ4v) is 4.59. The molecule has 0 aromatic carbocycles. The molecule has 3 N–H and O–H groups in total. The Hall–Kier alpha value is -2.83. The highest BCUT2D eigenvalue weighted by Gasteiger charge is 2.43. The summed E-state index contributed by atoms with van der Waals surface area (Å²) >= 11 is 6.07. The highest BCUT2D eigenvalue weighted by Crippen LogP contribution is 2.39. The Morgan fingerprint density at radius 2 is 1.74 bits per heavy atom. The fourth-order valence-electron chi connectivity index (χ4n) is 4.42. The van der Waals surface area contributed by atoms with Gasteiger partial charge < -0.3 is 29.6 Å². The number of hydrogen-bond acceptors (Lipinski definition) is 10. The van der Waals surface area contributed by atoms with Gasteiger partial charge in [0, 0.05) is 12.8 Å². The van der Waals surface area contributed by atoms with Crippen LogP contribution >= 0.6 is 11.6 Å². The van der Waals surface area contributed by atoms with Crippen molar-refractivity contribution >= 4 is 40.6 Å². The highest BCUT2D eigenvalue weighted by atomic mass is 35.5. The van der Waals surface area contributed by atoms with E-state index in [2.05, 4.69) is 20.3 Å². The summed E-state index contributed by atoms with van der Waals surface area (Å²) in [4.78, 5) is 50.2. The van der Waals surface area contributed by atoms with Crippen molar-refractivity contribution in [2.75, 3.05) is 0 Å². The lowest BCUT2D eigenvalue weighted by molar-refractivity contribution is -0.157. The van der Waals surface area contributed by atoms with Gasteiger partial charge in [-0.05, 0) is 60.3 Å². The number of hydrogen-bond donors (Lipinski definition) is 3. The molecule has 2 aromatic rings. The van der Waals surface area contributed by atoms with E-state index >= 15 is 0 Å². The Labute approximate surface area is 226 Å². The molecular formula is C25H36ClN5O7. The molecule has 1 saturated carbocycles. The van der Waals surface area contributed by atoms with Gasteiger partial charge in [0.1, 0.15) is 41.0 Å². The Bertz CT molecular complexity index is 1170. The number of nitrogens with zero attached hydrogens (tertiary/aromatic N) is 4. The van der Waals surface area contributed by atoms with Gasteiger partial charge in [0.15, 0.2) is 10.8 Å². The first-order chi connectivity index (χ1) is 17.6. The summed E-state index contributed by atoms with van der Waals surface area (Å²) in [5.41, 5.74) is -0.768. The first-order valence-electron chi connectivity index (χ1n) is 12.5. The van der Waals surface area contributed by atoms with Gasteiger partial charge in [-0.1, -0.05) is 11.6 Å². The topological polar surface area (TPSA) is 166 Å². The number of fused-ring (bicyclic) bond motifs is 1. The smallest absolute Gasteiger partial charge is 0.408 e. The second-order valence-electron chi connectivity index (χ2n) is 11.5. The number of halogens is 1. The molecule has 13 heteroatoms. The molecule has 1 fully saturated rings. The predicted molar refractivity (Wildman–Crippen MR) is 137 cm³/mol. The quantitative estimate of drug-likeness (QED) is 0.326. The van der Waals surface area contributed by atoms with Crippen LogP contribution in [0.15, 0.2) is 12.7 Å². The number of ether oxygens (including phenoxy) is 2. The van der Waals surface area contributed by atoms with Crippen molar-refractivity contribution in [3.8, 4) is 0 Å². The summed E-state index contributed by atoms with van der Waals surface area (Å²) in [7, 11) is 0. The van der Waals surface area contributed by atoms with E-state index in [1.807, 2.05) is 0 Å². The molecule has 210 valence electrons. The Morgan fingerprint density at radius 1 is 1.08 bits per heavy atom. The van der Waals surface area contributed by atoms with E-state index in [9.17, 15) is 24.6 Å². The second-order valence-corrected chi connectivity index (χ2v) is 11.9. The van der Waals surface area contributed by atoms with E-state index in [0.717, 1.165) is 0 Å². The summed E-state index contributed by atoms with van der Waals surface area (Å²) in [5, 5.41) is 24.1. The van der Waals surface area contributed by atoms with E-state index in [0.29, 0.717) is 17.6 Å². The zero-order valence-electron chi connectivity index (χ0n) is 22.5. The van der Waals surface area contributed by atoms with Crippen LogP contribution in [0.1, 0.15) is 73.3 Å². The molecule has 0 radical (unpaired) electrons. The summed E-state index contributed by atoms with van der Waals surface area (Å²) < 4.78 is 12.3. The third-order valence-electron chi connectivity index (χ3n) is 6.03. The van der Waals surface area contributed by atoms with Gasteiger partial charge in [0.05, 0.1) is 18.5 Å². The number of alkyl carbamates (subject to hydrolysis) is 1. The van der Waals surface area contributed by atoms with Gasteiger partial charge in [0.25, 0.3) is 0 Å². The van der Waals surface area contributed by atoms with Crippen LogP contribution in [0.4, 0.5) is 4.79 Å². The standard InChI is InChI=1S/C25H36ClN5O7/c1-24(2,3)37-22(35)15(30-23(36)38-25(4,5)6)8-7-14(32)9-13-10-16(19(34)18(13)33)31-12-29-17-20(26)27-11-28-21(17)31/h11-13,15-16,18-19,33-34H,7-10H2,1-6H3,(H,30,36)/t13-,15-,16+,18-,19+/m0/s1. The van der Waals surface area contributed by atoms with Gasteiger partial charge in [-0.15, -0.1) is 0 Å². The molecule has 38 heavy (non-hydrogen) atoms. The summed E-state index contributed by atoms with van der Waals surface area (Å²) in [6, 6.07) is -1.66.